The first-order valence-electron chi connectivity index (χ1n) is 13.0. The summed E-state index contributed by atoms with van der Waals surface area (Å²) in [6.07, 6.45) is -2.73. The Labute approximate surface area is 212 Å². The topological polar surface area (TPSA) is 160 Å². The van der Waals surface area contributed by atoms with Crippen LogP contribution >= 0.6 is 0 Å². The summed E-state index contributed by atoms with van der Waals surface area (Å²) >= 11 is 0. The van der Waals surface area contributed by atoms with Gasteiger partial charge >= 0.3 is 0 Å². The number of nitrogens with zero attached hydrogens (tertiary/aromatic N) is 1. The maximum absolute atomic E-state index is 12.0. The molecule has 11 heteroatoms. The highest BCUT2D eigenvalue weighted by Gasteiger charge is 2.79. The van der Waals surface area contributed by atoms with Crippen molar-refractivity contribution in [2.45, 2.75) is 115 Å². The molecule has 0 bridgehead atoms. The monoisotopic (exact) mass is 514 g/mol. The van der Waals surface area contributed by atoms with Crippen molar-refractivity contribution in [2.75, 3.05) is 13.2 Å². The summed E-state index contributed by atoms with van der Waals surface area (Å²) in [6, 6.07) is -1.14. The number of nitrogens with one attached hydrogen (secondary N) is 1. The fraction of sp³-hybridized carbons (Fsp3) is 0.960. The predicted octanol–water partition coefficient (Wildman–Crippen LogP) is -0.501. The molecule has 0 aromatic carbocycles. The molecule has 11 unspecified atom stereocenters. The van der Waals surface area contributed by atoms with Gasteiger partial charge in [0.15, 0.2) is 0 Å². The fourth-order valence-corrected chi connectivity index (χ4v) is 7.10. The Morgan fingerprint density at radius 3 is 2.25 bits per heavy atom. The maximum Gasteiger partial charge on any atom is 0.276 e. The molecule has 5 aliphatic rings. The van der Waals surface area contributed by atoms with Crippen LogP contribution in [0, 0.1) is 23.2 Å². The molecule has 11 atom stereocenters. The lowest BCUT2D eigenvalue weighted by Gasteiger charge is -2.60. The van der Waals surface area contributed by atoms with Crippen molar-refractivity contribution in [3.8, 4) is 0 Å². The van der Waals surface area contributed by atoms with Gasteiger partial charge in [-0.1, -0.05) is 27.7 Å². The maximum atomic E-state index is 12.0. The van der Waals surface area contributed by atoms with E-state index in [1.807, 2.05) is 27.7 Å². The standard InChI is InChI=1S/C25H42N2O9/c1-11(2)23(8)16-14(10-29)33-24(19(26-24)18(16)35-23)36-22(6,7)21(4,5)15-13(9-28)34-25(32)20(17(15)31)27(25)12(3)30/h11,13-20,26,28-29,31-32H,9-10H2,1-8H3. The number of carbonyl (C=O) groups is 1. The second-order valence-corrected chi connectivity index (χ2v) is 12.8. The highest BCUT2D eigenvalue weighted by atomic mass is 16.8. The number of ether oxygens (including phenoxy) is 4. The lowest BCUT2D eigenvalue weighted by Crippen LogP contribution is -2.72. The number of fused-ring (bicyclic) bond motifs is 4. The van der Waals surface area contributed by atoms with Gasteiger partial charge in [-0.25, -0.2) is 0 Å². The van der Waals surface area contributed by atoms with Gasteiger partial charge < -0.3 is 39.4 Å². The average molecular weight is 515 g/mol. The van der Waals surface area contributed by atoms with Gasteiger partial charge in [0.05, 0.1) is 48.8 Å². The smallest absolute Gasteiger partial charge is 0.276 e. The molecular formula is C25H42N2O9. The van der Waals surface area contributed by atoms with E-state index in [9.17, 15) is 25.2 Å². The number of aliphatic hydroxyl groups is 4. The van der Waals surface area contributed by atoms with Gasteiger partial charge in [0, 0.05) is 24.2 Å². The van der Waals surface area contributed by atoms with E-state index in [0.29, 0.717) is 0 Å². The van der Waals surface area contributed by atoms with Crippen molar-refractivity contribution in [2.24, 2.45) is 23.2 Å². The minimum Gasteiger partial charge on any atom is -0.394 e. The molecule has 0 aliphatic carbocycles. The van der Waals surface area contributed by atoms with E-state index in [1.54, 1.807) is 0 Å². The van der Waals surface area contributed by atoms with Crippen LogP contribution in [0.25, 0.3) is 0 Å². The molecule has 5 fully saturated rings. The molecule has 5 heterocycles. The molecule has 36 heavy (non-hydrogen) atoms. The second-order valence-electron chi connectivity index (χ2n) is 12.8. The van der Waals surface area contributed by atoms with Gasteiger partial charge in [-0.3, -0.25) is 15.0 Å². The quantitative estimate of drug-likeness (QED) is 0.280. The minimum absolute atomic E-state index is 0.0211. The molecule has 0 spiro atoms. The molecule has 0 saturated carbocycles. The third-order valence-electron chi connectivity index (χ3n) is 10.1. The van der Waals surface area contributed by atoms with E-state index in [-0.39, 0.29) is 30.6 Å². The molecule has 206 valence electrons. The summed E-state index contributed by atoms with van der Waals surface area (Å²) in [6.45, 7) is 14.5. The Morgan fingerprint density at radius 1 is 1.11 bits per heavy atom. The van der Waals surface area contributed by atoms with Crippen molar-refractivity contribution in [1.29, 1.82) is 0 Å². The number of aliphatic hydroxyl groups excluding tert-OH is 3. The summed E-state index contributed by atoms with van der Waals surface area (Å²) < 4.78 is 25.1. The summed E-state index contributed by atoms with van der Waals surface area (Å²) in [5.74, 6) is -3.92. The van der Waals surface area contributed by atoms with Crippen LogP contribution in [0.2, 0.25) is 0 Å². The molecule has 11 nitrogen and oxygen atoms in total. The zero-order valence-corrected chi connectivity index (χ0v) is 22.4. The van der Waals surface area contributed by atoms with Crippen LogP contribution in [0.15, 0.2) is 0 Å². The van der Waals surface area contributed by atoms with Gasteiger partial charge in [-0.15, -0.1) is 0 Å². The van der Waals surface area contributed by atoms with Crippen molar-refractivity contribution < 1.29 is 44.2 Å². The third-order valence-corrected chi connectivity index (χ3v) is 10.1. The minimum atomic E-state index is -1.92. The van der Waals surface area contributed by atoms with Crippen molar-refractivity contribution >= 4 is 5.91 Å². The van der Waals surface area contributed by atoms with Crippen molar-refractivity contribution in [3.05, 3.63) is 0 Å². The molecule has 5 aliphatic heterocycles. The number of carbonyl (C=O) groups excluding carboxylic acids is 1. The van der Waals surface area contributed by atoms with Gasteiger partial charge in [-0.2, -0.15) is 0 Å². The highest BCUT2D eigenvalue weighted by Crippen LogP contribution is 2.60. The molecular weight excluding hydrogens is 472 g/mol. The molecule has 5 rings (SSSR count). The lowest BCUT2D eigenvalue weighted by molar-refractivity contribution is -0.377. The Kier molecular flexibility index (Phi) is 5.81. The van der Waals surface area contributed by atoms with Crippen LogP contribution < -0.4 is 5.32 Å². The number of hydrogen-bond acceptors (Lipinski definition) is 10. The Balaban J connectivity index is 1.38. The molecule has 0 radical (unpaired) electrons. The van der Waals surface area contributed by atoms with E-state index >= 15 is 0 Å². The van der Waals surface area contributed by atoms with E-state index in [1.165, 1.54) is 6.92 Å². The largest absolute Gasteiger partial charge is 0.394 e. The number of amides is 1. The van der Waals surface area contributed by atoms with Crippen LogP contribution in [-0.4, -0.2) is 104 Å². The van der Waals surface area contributed by atoms with E-state index in [2.05, 4.69) is 26.1 Å². The first kappa shape index (κ1) is 26.7. The fourth-order valence-electron chi connectivity index (χ4n) is 7.10. The van der Waals surface area contributed by atoms with Crippen LogP contribution in [0.4, 0.5) is 0 Å². The van der Waals surface area contributed by atoms with E-state index < -0.39 is 71.2 Å². The van der Waals surface area contributed by atoms with E-state index in [0.717, 1.165) is 4.90 Å². The van der Waals surface area contributed by atoms with Crippen LogP contribution in [-0.2, 0) is 23.7 Å². The number of hydrogen-bond donors (Lipinski definition) is 5. The Hall–Kier alpha value is -0.890. The normalized spacial score (nSPS) is 49.6. The molecule has 5 N–H and O–H groups in total. The average Bonchev–Trinajstić information content (AvgIpc) is 3.62. The van der Waals surface area contributed by atoms with Crippen LogP contribution in [0.5, 0.6) is 0 Å². The second kappa shape index (κ2) is 7.83. The Bertz CT molecular complexity index is 929. The van der Waals surface area contributed by atoms with Crippen molar-refractivity contribution in [1.82, 2.24) is 10.2 Å². The third kappa shape index (κ3) is 3.27. The first-order valence-corrected chi connectivity index (χ1v) is 13.0. The summed E-state index contributed by atoms with van der Waals surface area (Å²) in [7, 11) is 0. The van der Waals surface area contributed by atoms with Gasteiger partial charge in [0.1, 0.15) is 12.1 Å². The lowest BCUT2D eigenvalue weighted by atomic mass is 9.62. The zero-order chi connectivity index (χ0) is 26.8. The van der Waals surface area contributed by atoms with Gasteiger partial charge in [0.2, 0.25) is 11.8 Å². The highest BCUT2D eigenvalue weighted by molar-refractivity contribution is 5.77. The van der Waals surface area contributed by atoms with E-state index in [4.69, 9.17) is 18.9 Å². The summed E-state index contributed by atoms with van der Waals surface area (Å²) in [4.78, 5) is 13.1. The predicted molar refractivity (Wildman–Crippen MR) is 125 cm³/mol. The molecule has 1 amide bonds. The van der Waals surface area contributed by atoms with Gasteiger partial charge in [-0.05, 0) is 26.7 Å². The van der Waals surface area contributed by atoms with Crippen molar-refractivity contribution in [3.63, 3.8) is 0 Å². The summed E-state index contributed by atoms with van der Waals surface area (Å²) in [5.41, 5.74) is -2.19. The first-order chi connectivity index (χ1) is 16.5. The zero-order valence-electron chi connectivity index (χ0n) is 22.4. The van der Waals surface area contributed by atoms with Crippen LogP contribution in [0.1, 0.15) is 55.4 Å². The molecule has 0 aromatic heterocycles. The Morgan fingerprint density at radius 2 is 1.72 bits per heavy atom. The summed E-state index contributed by atoms with van der Waals surface area (Å²) in [5, 5.41) is 45.7. The number of rotatable bonds is 7. The van der Waals surface area contributed by atoms with Gasteiger partial charge in [0.25, 0.3) is 5.91 Å². The molecule has 0 aromatic rings. The van der Waals surface area contributed by atoms with Crippen LogP contribution in [0.3, 0.4) is 0 Å². The SMILES string of the molecule is CC(=O)N1C2C(O)C(C(C)(C)C(C)(C)OC34NC3C3OC(C)(C(C)C)C3C(CO)O4)C(CO)OC21O. The molecule has 5 saturated heterocycles.